The molecule has 0 aromatic heterocycles. The minimum Gasteiger partial charge on any atom is -0.497 e. The molecule has 5 nitrogen and oxygen atoms in total. The molecule has 3 aromatic carbocycles. The highest BCUT2D eigenvalue weighted by atomic mass is 16.5. The van der Waals surface area contributed by atoms with Gasteiger partial charge in [0.1, 0.15) is 5.75 Å². The molecule has 0 fully saturated rings. The molecular weight excluding hydrogens is 498 g/mol. The fourth-order valence-electron chi connectivity index (χ4n) is 5.38. The second-order valence-corrected chi connectivity index (χ2v) is 10.0. The predicted molar refractivity (Wildman–Crippen MR) is 158 cm³/mol. The summed E-state index contributed by atoms with van der Waals surface area (Å²) in [7, 11) is 3.12. The van der Waals surface area contributed by atoms with Crippen LogP contribution >= 0.6 is 0 Å². The zero-order valence-electron chi connectivity index (χ0n) is 23.1. The Bertz CT molecular complexity index is 1420. The Hall–Kier alpha value is -4.35. The summed E-state index contributed by atoms with van der Waals surface area (Å²) < 4.78 is 15.9. The average Bonchev–Trinajstić information content (AvgIpc) is 3.36. The highest BCUT2D eigenvalue weighted by molar-refractivity contribution is 5.81. The van der Waals surface area contributed by atoms with Gasteiger partial charge in [0.05, 0.1) is 33.2 Å². The molecule has 0 N–H and O–H groups in total. The first kappa shape index (κ1) is 27.2. The molecule has 1 aliphatic carbocycles. The molecule has 0 bridgehead atoms. The van der Waals surface area contributed by atoms with Gasteiger partial charge >= 0.3 is 5.97 Å². The lowest BCUT2D eigenvalue weighted by atomic mass is 9.90. The smallest absolute Gasteiger partial charge is 0.310 e. The number of benzene rings is 3. The SMILES string of the molecule is COC(=O)Cc1c(CCN(Cc2ccc(OC)cc2)CC(c2ccccc2)c2ccccc2)cc2ccocc1-2. The monoisotopic (exact) mass is 533 g/mol. The number of rotatable bonds is 12. The Morgan fingerprint density at radius 1 is 0.875 bits per heavy atom. The maximum Gasteiger partial charge on any atom is 0.310 e. The third-order valence-corrected chi connectivity index (χ3v) is 7.52. The largest absolute Gasteiger partial charge is 0.497 e. The quantitative estimate of drug-likeness (QED) is 0.162. The van der Waals surface area contributed by atoms with Crippen LogP contribution in [0, 0.1) is 0 Å². The Morgan fingerprint density at radius 3 is 2.17 bits per heavy atom. The van der Waals surface area contributed by atoms with Gasteiger partial charge in [0.25, 0.3) is 0 Å². The number of carbonyl (C=O) groups excluding carboxylic acids is 1. The van der Waals surface area contributed by atoms with E-state index in [1.807, 2.05) is 18.2 Å². The molecule has 3 aromatic rings. The first-order valence-electron chi connectivity index (χ1n) is 13.6. The number of fused-ring (bicyclic) bond motifs is 1. The van der Waals surface area contributed by atoms with E-state index in [9.17, 15) is 4.79 Å². The van der Waals surface area contributed by atoms with E-state index >= 15 is 0 Å². The van der Waals surface area contributed by atoms with E-state index in [-0.39, 0.29) is 18.3 Å². The fourth-order valence-corrected chi connectivity index (χ4v) is 5.38. The van der Waals surface area contributed by atoms with Crippen molar-refractivity contribution >= 4 is 5.97 Å². The summed E-state index contributed by atoms with van der Waals surface area (Å²) in [5.74, 6) is 0.816. The summed E-state index contributed by atoms with van der Waals surface area (Å²) >= 11 is 0. The van der Waals surface area contributed by atoms with Crippen LogP contribution in [0.2, 0.25) is 0 Å². The van der Waals surface area contributed by atoms with Crippen LogP contribution in [-0.4, -0.2) is 38.2 Å². The van der Waals surface area contributed by atoms with Crippen LogP contribution in [0.3, 0.4) is 0 Å². The summed E-state index contributed by atoms with van der Waals surface area (Å²) in [5.41, 5.74) is 7.99. The van der Waals surface area contributed by atoms with Crippen LogP contribution in [0.4, 0.5) is 0 Å². The van der Waals surface area contributed by atoms with E-state index in [0.717, 1.165) is 54.1 Å². The molecule has 0 atom stereocenters. The third kappa shape index (κ3) is 6.61. The minimum absolute atomic E-state index is 0.215. The topological polar surface area (TPSA) is 51.9 Å². The molecule has 1 aliphatic heterocycles. The Labute approximate surface area is 236 Å². The molecule has 0 spiro atoms. The van der Waals surface area contributed by atoms with Crippen molar-refractivity contribution in [1.29, 1.82) is 0 Å². The van der Waals surface area contributed by atoms with Crippen LogP contribution in [0.25, 0.3) is 11.1 Å². The van der Waals surface area contributed by atoms with Gasteiger partial charge in [-0.1, -0.05) is 78.9 Å². The van der Waals surface area contributed by atoms with E-state index in [4.69, 9.17) is 13.9 Å². The van der Waals surface area contributed by atoms with Gasteiger partial charge in [-0.25, -0.2) is 0 Å². The first-order chi connectivity index (χ1) is 19.6. The number of ether oxygens (including phenoxy) is 2. The fraction of sp³-hybridized carbons (Fsp3) is 0.229. The summed E-state index contributed by atoms with van der Waals surface area (Å²) in [5, 5.41) is 0. The van der Waals surface area contributed by atoms with Gasteiger partial charge in [0.15, 0.2) is 0 Å². The average molecular weight is 534 g/mol. The number of hydrogen-bond acceptors (Lipinski definition) is 5. The molecule has 5 rings (SSSR count). The maximum absolute atomic E-state index is 12.3. The molecule has 5 heteroatoms. The second-order valence-electron chi connectivity index (χ2n) is 10.0. The Balaban J connectivity index is 1.45. The van der Waals surface area contributed by atoms with Gasteiger partial charge < -0.3 is 13.9 Å². The van der Waals surface area contributed by atoms with E-state index in [0.29, 0.717) is 0 Å². The van der Waals surface area contributed by atoms with Crippen LogP contribution < -0.4 is 4.74 Å². The van der Waals surface area contributed by atoms with Crippen molar-refractivity contribution in [2.75, 3.05) is 27.3 Å². The zero-order valence-corrected chi connectivity index (χ0v) is 23.1. The molecule has 0 radical (unpaired) electrons. The van der Waals surface area contributed by atoms with Gasteiger partial charge in [-0.05, 0) is 58.0 Å². The van der Waals surface area contributed by atoms with Crippen LogP contribution in [0.15, 0.2) is 114 Å². The minimum atomic E-state index is -0.249. The van der Waals surface area contributed by atoms with Gasteiger partial charge in [-0.15, -0.1) is 0 Å². The molecular formula is C35H35NO4. The summed E-state index contributed by atoms with van der Waals surface area (Å²) in [6, 6.07) is 33.9. The van der Waals surface area contributed by atoms with Gasteiger partial charge in [0.2, 0.25) is 0 Å². The highest BCUT2D eigenvalue weighted by Gasteiger charge is 2.22. The Morgan fingerprint density at radius 2 is 1.55 bits per heavy atom. The number of esters is 1. The molecule has 2 aliphatic rings. The van der Waals surface area contributed by atoms with Gasteiger partial charge in [0, 0.05) is 31.1 Å². The normalized spacial score (nSPS) is 11.3. The standard InChI is InChI=1S/C35H35NO4/c1-38-31-15-13-26(14-16-31)23-36(24-33(27-9-5-3-6-10-27)28-11-7-4-8-12-28)19-17-29-21-30-18-20-40-25-34(30)32(29)22-35(37)39-2/h3-16,18,20-21,25,33H,17,19,22-24H2,1-2H3. The van der Waals surface area contributed by atoms with Crippen LogP contribution in [0.5, 0.6) is 5.75 Å². The maximum atomic E-state index is 12.3. The Kier molecular flexibility index (Phi) is 8.94. The van der Waals surface area contributed by atoms with Crippen molar-refractivity contribution in [3.8, 4) is 16.9 Å². The summed E-state index contributed by atoms with van der Waals surface area (Å²) in [6.45, 7) is 2.47. The van der Waals surface area contributed by atoms with E-state index in [1.54, 1.807) is 19.6 Å². The second kappa shape index (κ2) is 13.1. The van der Waals surface area contributed by atoms with Gasteiger partial charge in [-0.2, -0.15) is 0 Å². The number of nitrogens with zero attached hydrogens (tertiary/aromatic N) is 1. The lowest BCUT2D eigenvalue weighted by molar-refractivity contribution is -0.139. The third-order valence-electron chi connectivity index (χ3n) is 7.52. The molecule has 0 saturated heterocycles. The lowest BCUT2D eigenvalue weighted by Gasteiger charge is -2.29. The van der Waals surface area contributed by atoms with Crippen molar-refractivity contribution in [3.05, 3.63) is 137 Å². The van der Waals surface area contributed by atoms with Gasteiger partial charge in [-0.3, -0.25) is 9.69 Å². The first-order valence-corrected chi connectivity index (χ1v) is 13.6. The van der Waals surface area contributed by atoms with Crippen molar-refractivity contribution in [1.82, 2.24) is 4.90 Å². The van der Waals surface area contributed by atoms with Crippen LogP contribution in [-0.2, 0) is 28.9 Å². The highest BCUT2D eigenvalue weighted by Crippen LogP contribution is 2.33. The zero-order chi connectivity index (χ0) is 27.7. The van der Waals surface area contributed by atoms with Crippen molar-refractivity contribution in [2.24, 2.45) is 0 Å². The van der Waals surface area contributed by atoms with Crippen LogP contribution in [0.1, 0.15) is 33.7 Å². The van der Waals surface area contributed by atoms with Crippen molar-refractivity contribution in [2.45, 2.75) is 25.3 Å². The van der Waals surface area contributed by atoms with E-state index in [1.165, 1.54) is 23.8 Å². The summed E-state index contributed by atoms with van der Waals surface area (Å²) in [4.78, 5) is 14.8. The molecule has 0 amide bonds. The molecule has 204 valence electrons. The predicted octanol–water partition coefficient (Wildman–Crippen LogP) is 6.99. The summed E-state index contributed by atoms with van der Waals surface area (Å²) in [6.07, 6.45) is 4.43. The molecule has 40 heavy (non-hydrogen) atoms. The number of hydrogen-bond donors (Lipinski definition) is 0. The lowest BCUT2D eigenvalue weighted by Crippen LogP contribution is -2.31. The number of carbonyl (C=O) groups is 1. The van der Waals surface area contributed by atoms with Crippen molar-refractivity contribution < 1.29 is 18.7 Å². The van der Waals surface area contributed by atoms with E-state index < -0.39 is 0 Å². The van der Waals surface area contributed by atoms with E-state index in [2.05, 4.69) is 83.8 Å². The molecule has 1 heterocycles. The van der Waals surface area contributed by atoms with Crippen molar-refractivity contribution in [3.63, 3.8) is 0 Å². The molecule has 0 unspecified atom stereocenters. The molecule has 0 saturated carbocycles. The number of methoxy groups -OCH3 is 2.